The minimum absolute atomic E-state index is 0.0517. The zero-order valence-electron chi connectivity index (χ0n) is 11.4. The lowest BCUT2D eigenvalue weighted by Crippen LogP contribution is -1.95. The van der Waals surface area contributed by atoms with Crippen LogP contribution in [0.1, 0.15) is 34.0 Å². The van der Waals surface area contributed by atoms with Crippen molar-refractivity contribution < 1.29 is 4.79 Å². The lowest BCUT2D eigenvalue weighted by atomic mass is 10.0. The van der Waals surface area contributed by atoms with Crippen molar-refractivity contribution in [1.29, 1.82) is 0 Å². The molecule has 19 heavy (non-hydrogen) atoms. The largest absolute Gasteiger partial charge is 0.289 e. The molecule has 1 heteroatoms. The van der Waals surface area contributed by atoms with Crippen molar-refractivity contribution in [2.45, 2.75) is 20.3 Å². The van der Waals surface area contributed by atoms with Crippen LogP contribution in [0.2, 0.25) is 0 Å². The molecule has 1 nitrogen and oxygen atoms in total. The topological polar surface area (TPSA) is 17.1 Å². The molecule has 0 N–H and O–H groups in total. The number of aryl methyl sites for hydroxylation is 2. The highest BCUT2D eigenvalue weighted by Crippen LogP contribution is 2.10. The predicted octanol–water partition coefficient (Wildman–Crippen LogP) is 4.45. The van der Waals surface area contributed by atoms with Crippen molar-refractivity contribution in [3.05, 3.63) is 76.9 Å². The van der Waals surface area contributed by atoms with Crippen LogP contribution in [0.5, 0.6) is 0 Å². The van der Waals surface area contributed by atoms with Gasteiger partial charge in [0.2, 0.25) is 0 Å². The van der Waals surface area contributed by atoms with Crippen LogP contribution in [-0.2, 0) is 6.42 Å². The third-order valence-corrected chi connectivity index (χ3v) is 3.12. The Morgan fingerprint density at radius 2 is 1.84 bits per heavy atom. The van der Waals surface area contributed by atoms with Crippen molar-refractivity contribution in [3.63, 3.8) is 0 Å². The minimum Gasteiger partial charge on any atom is -0.289 e. The molecule has 0 spiro atoms. The molecule has 0 aromatic heterocycles. The Kier molecular flexibility index (Phi) is 4.30. The summed E-state index contributed by atoms with van der Waals surface area (Å²) in [6, 6.07) is 15.9. The number of allylic oxidation sites excluding steroid dienone is 1. The number of carbonyl (C=O) groups excluding carboxylic acids is 1. The van der Waals surface area contributed by atoms with E-state index in [1.54, 1.807) is 6.08 Å². The molecule has 2 aromatic rings. The molecule has 0 saturated carbocycles. The molecular weight excluding hydrogens is 232 g/mol. The van der Waals surface area contributed by atoms with Gasteiger partial charge in [-0.3, -0.25) is 4.79 Å². The van der Waals surface area contributed by atoms with Gasteiger partial charge in [-0.2, -0.15) is 0 Å². The fourth-order valence-corrected chi connectivity index (χ4v) is 1.89. The second-order valence-electron chi connectivity index (χ2n) is 4.66. The molecule has 0 aliphatic heterocycles. The van der Waals surface area contributed by atoms with Crippen molar-refractivity contribution in [2.75, 3.05) is 0 Å². The van der Waals surface area contributed by atoms with Crippen molar-refractivity contribution >= 4 is 11.9 Å². The zero-order valence-corrected chi connectivity index (χ0v) is 11.4. The average molecular weight is 250 g/mol. The lowest BCUT2D eigenvalue weighted by Gasteiger charge is -2.00. The second-order valence-corrected chi connectivity index (χ2v) is 4.66. The van der Waals surface area contributed by atoms with Crippen LogP contribution < -0.4 is 0 Å². The van der Waals surface area contributed by atoms with Gasteiger partial charge in [-0.25, -0.2) is 0 Å². The molecule has 2 rings (SSSR count). The van der Waals surface area contributed by atoms with Crippen molar-refractivity contribution in [1.82, 2.24) is 0 Å². The van der Waals surface area contributed by atoms with E-state index in [0.29, 0.717) is 0 Å². The van der Waals surface area contributed by atoms with Crippen LogP contribution in [0.15, 0.2) is 54.6 Å². The lowest BCUT2D eigenvalue weighted by molar-refractivity contribution is 0.104. The highest BCUT2D eigenvalue weighted by atomic mass is 16.1. The number of rotatable bonds is 4. The van der Waals surface area contributed by atoms with E-state index in [0.717, 1.165) is 17.5 Å². The predicted molar refractivity (Wildman–Crippen MR) is 80.4 cm³/mol. The van der Waals surface area contributed by atoms with Gasteiger partial charge in [-0.1, -0.05) is 61.0 Å². The molecule has 0 aliphatic rings. The van der Waals surface area contributed by atoms with Crippen molar-refractivity contribution in [3.8, 4) is 0 Å². The summed E-state index contributed by atoms with van der Waals surface area (Å²) in [5.74, 6) is 0.0517. The van der Waals surface area contributed by atoms with Gasteiger partial charge >= 0.3 is 0 Å². The molecule has 0 atom stereocenters. The standard InChI is InChI=1S/C18H18O/c1-3-15-5-4-6-17(13-15)18(19)12-11-16-9-7-14(2)8-10-16/h4-13H,3H2,1-2H3. The quantitative estimate of drug-likeness (QED) is 0.578. The highest BCUT2D eigenvalue weighted by molar-refractivity contribution is 6.06. The van der Waals surface area contributed by atoms with E-state index in [4.69, 9.17) is 0 Å². The summed E-state index contributed by atoms with van der Waals surface area (Å²) in [7, 11) is 0. The maximum Gasteiger partial charge on any atom is 0.185 e. The van der Waals surface area contributed by atoms with Crippen LogP contribution in [0, 0.1) is 6.92 Å². The van der Waals surface area contributed by atoms with E-state index in [9.17, 15) is 4.79 Å². The molecule has 0 radical (unpaired) electrons. The van der Waals surface area contributed by atoms with Gasteiger partial charge < -0.3 is 0 Å². The molecule has 0 amide bonds. The summed E-state index contributed by atoms with van der Waals surface area (Å²) in [6.07, 6.45) is 4.45. The van der Waals surface area contributed by atoms with Gasteiger partial charge in [0, 0.05) is 5.56 Å². The molecule has 0 unspecified atom stereocenters. The summed E-state index contributed by atoms with van der Waals surface area (Å²) >= 11 is 0. The summed E-state index contributed by atoms with van der Waals surface area (Å²) < 4.78 is 0. The third-order valence-electron chi connectivity index (χ3n) is 3.12. The van der Waals surface area contributed by atoms with Gasteiger partial charge in [-0.15, -0.1) is 0 Å². The Morgan fingerprint density at radius 3 is 2.53 bits per heavy atom. The Bertz CT molecular complexity index is 591. The van der Waals surface area contributed by atoms with Crippen LogP contribution in [-0.4, -0.2) is 5.78 Å². The molecule has 0 saturated heterocycles. The molecule has 0 aliphatic carbocycles. The average Bonchev–Trinajstić information content (AvgIpc) is 2.46. The van der Waals surface area contributed by atoms with Crippen molar-refractivity contribution in [2.24, 2.45) is 0 Å². The Balaban J connectivity index is 2.13. The first-order chi connectivity index (χ1) is 9.19. The van der Waals surface area contributed by atoms with Gasteiger partial charge in [-0.05, 0) is 36.6 Å². The fraction of sp³-hybridized carbons (Fsp3) is 0.167. The first kappa shape index (κ1) is 13.3. The number of hydrogen-bond acceptors (Lipinski definition) is 1. The molecule has 0 bridgehead atoms. The second kappa shape index (κ2) is 6.14. The maximum absolute atomic E-state index is 12.1. The SMILES string of the molecule is CCc1cccc(C(=O)C=Cc2ccc(C)cc2)c1. The van der Waals surface area contributed by atoms with E-state index in [1.165, 1.54) is 11.1 Å². The number of hydrogen-bond donors (Lipinski definition) is 0. The first-order valence-electron chi connectivity index (χ1n) is 6.57. The fourth-order valence-electron chi connectivity index (χ4n) is 1.89. The van der Waals surface area contributed by atoms with Crippen LogP contribution in [0.25, 0.3) is 6.08 Å². The minimum atomic E-state index is 0.0517. The van der Waals surface area contributed by atoms with E-state index >= 15 is 0 Å². The van der Waals surface area contributed by atoms with Gasteiger partial charge in [0.1, 0.15) is 0 Å². The molecule has 2 aromatic carbocycles. The monoisotopic (exact) mass is 250 g/mol. The summed E-state index contributed by atoms with van der Waals surface area (Å²) in [5.41, 5.74) is 4.21. The Morgan fingerprint density at radius 1 is 1.11 bits per heavy atom. The van der Waals surface area contributed by atoms with E-state index in [2.05, 4.69) is 13.8 Å². The number of ketones is 1. The Labute approximate surface area is 114 Å². The highest BCUT2D eigenvalue weighted by Gasteiger charge is 2.01. The molecule has 96 valence electrons. The number of carbonyl (C=O) groups is 1. The van der Waals surface area contributed by atoms with Crippen LogP contribution in [0.4, 0.5) is 0 Å². The molecule has 0 fully saturated rings. The first-order valence-corrected chi connectivity index (χ1v) is 6.57. The van der Waals surface area contributed by atoms with E-state index in [1.807, 2.05) is 54.6 Å². The Hall–Kier alpha value is -2.15. The zero-order chi connectivity index (χ0) is 13.7. The smallest absolute Gasteiger partial charge is 0.185 e. The normalized spacial score (nSPS) is 10.8. The van der Waals surface area contributed by atoms with Gasteiger partial charge in [0.15, 0.2) is 5.78 Å². The summed E-state index contributed by atoms with van der Waals surface area (Å²) in [6.45, 7) is 4.14. The maximum atomic E-state index is 12.1. The third kappa shape index (κ3) is 3.65. The van der Waals surface area contributed by atoms with Crippen LogP contribution in [0.3, 0.4) is 0 Å². The van der Waals surface area contributed by atoms with E-state index in [-0.39, 0.29) is 5.78 Å². The molecular formula is C18H18O. The number of benzene rings is 2. The van der Waals surface area contributed by atoms with Gasteiger partial charge in [0.05, 0.1) is 0 Å². The van der Waals surface area contributed by atoms with E-state index < -0.39 is 0 Å². The summed E-state index contributed by atoms with van der Waals surface area (Å²) in [4.78, 5) is 12.1. The summed E-state index contributed by atoms with van der Waals surface area (Å²) in [5, 5.41) is 0. The van der Waals surface area contributed by atoms with Crippen LogP contribution >= 0.6 is 0 Å². The van der Waals surface area contributed by atoms with Gasteiger partial charge in [0.25, 0.3) is 0 Å². The molecule has 0 heterocycles.